The summed E-state index contributed by atoms with van der Waals surface area (Å²) in [5.41, 5.74) is 7.18. The summed E-state index contributed by atoms with van der Waals surface area (Å²) < 4.78 is 0. The van der Waals surface area contributed by atoms with E-state index < -0.39 is 0 Å². The van der Waals surface area contributed by atoms with Crippen molar-refractivity contribution in [1.82, 2.24) is 0 Å². The molecule has 2 atom stereocenters. The van der Waals surface area contributed by atoms with Gasteiger partial charge in [-0.25, -0.2) is 0 Å². The summed E-state index contributed by atoms with van der Waals surface area (Å²) in [7, 11) is 0. The normalized spacial score (nSPS) is 26.3. The summed E-state index contributed by atoms with van der Waals surface area (Å²) in [6, 6.07) is 8.51. The first-order valence-corrected chi connectivity index (χ1v) is 5.91. The van der Waals surface area contributed by atoms with E-state index in [0.717, 1.165) is 17.1 Å². The average Bonchev–Trinajstić information content (AvgIpc) is 2.25. The van der Waals surface area contributed by atoms with Crippen LogP contribution in [0.25, 0.3) is 0 Å². The molecule has 1 aromatic rings. The van der Waals surface area contributed by atoms with E-state index in [1.54, 1.807) is 0 Å². The second-order valence-corrected chi connectivity index (χ2v) is 4.64. The first kappa shape index (κ1) is 10.8. The minimum atomic E-state index is 0.287. The lowest BCUT2D eigenvalue weighted by molar-refractivity contribution is 0.404. The number of anilines is 1. The Morgan fingerprint density at radius 2 is 1.80 bits per heavy atom. The monoisotopic (exact) mass is 224 g/mol. The number of nitrogens with two attached hydrogens (primary N) is 1. The smallest absolute Gasteiger partial charge is 0.0412 e. The van der Waals surface area contributed by atoms with Crippen LogP contribution in [0.5, 0.6) is 0 Å². The molecule has 0 unspecified atom stereocenters. The molecule has 0 heterocycles. The second kappa shape index (κ2) is 4.86. The molecule has 82 valence electrons. The van der Waals surface area contributed by atoms with Gasteiger partial charge in [0.05, 0.1) is 0 Å². The third-order valence-electron chi connectivity index (χ3n) is 3.02. The van der Waals surface area contributed by atoms with E-state index >= 15 is 0 Å². The van der Waals surface area contributed by atoms with Crippen LogP contribution >= 0.6 is 11.6 Å². The molecule has 3 N–H and O–H groups in total. The van der Waals surface area contributed by atoms with Crippen LogP contribution in [-0.4, -0.2) is 12.1 Å². The van der Waals surface area contributed by atoms with Crippen molar-refractivity contribution in [3.63, 3.8) is 0 Å². The highest BCUT2D eigenvalue weighted by molar-refractivity contribution is 6.30. The van der Waals surface area contributed by atoms with Gasteiger partial charge >= 0.3 is 0 Å². The fourth-order valence-electron chi connectivity index (χ4n) is 2.10. The predicted molar refractivity (Wildman–Crippen MR) is 65.3 cm³/mol. The molecule has 15 heavy (non-hydrogen) atoms. The lowest BCUT2D eigenvalue weighted by Gasteiger charge is -2.30. The van der Waals surface area contributed by atoms with Gasteiger partial charge in [-0.3, -0.25) is 0 Å². The number of rotatable bonds is 2. The fourth-order valence-corrected chi connectivity index (χ4v) is 2.22. The van der Waals surface area contributed by atoms with Crippen LogP contribution in [0, 0.1) is 0 Å². The molecule has 1 saturated carbocycles. The van der Waals surface area contributed by atoms with Gasteiger partial charge < -0.3 is 11.1 Å². The SMILES string of the molecule is N[C@H]1CCCC[C@H]1Nc1ccc(Cl)cc1. The highest BCUT2D eigenvalue weighted by Gasteiger charge is 2.21. The molecular weight excluding hydrogens is 208 g/mol. The van der Waals surface area contributed by atoms with E-state index in [0.29, 0.717) is 6.04 Å². The summed E-state index contributed by atoms with van der Waals surface area (Å²) in [5.74, 6) is 0. The predicted octanol–water partition coefficient (Wildman–Crippen LogP) is 3.02. The number of benzene rings is 1. The summed E-state index contributed by atoms with van der Waals surface area (Å²) >= 11 is 5.83. The van der Waals surface area contributed by atoms with Crippen LogP contribution in [0.1, 0.15) is 25.7 Å². The maximum atomic E-state index is 6.07. The summed E-state index contributed by atoms with van der Waals surface area (Å²) in [4.78, 5) is 0. The zero-order valence-corrected chi connectivity index (χ0v) is 9.50. The summed E-state index contributed by atoms with van der Waals surface area (Å²) in [5, 5.41) is 4.25. The van der Waals surface area contributed by atoms with Gasteiger partial charge in [-0.2, -0.15) is 0 Å². The van der Waals surface area contributed by atoms with E-state index in [1.807, 2.05) is 24.3 Å². The van der Waals surface area contributed by atoms with Gasteiger partial charge in [0.15, 0.2) is 0 Å². The zero-order chi connectivity index (χ0) is 10.7. The Bertz CT molecular complexity index is 310. The van der Waals surface area contributed by atoms with Crippen LogP contribution in [0.3, 0.4) is 0 Å². The van der Waals surface area contributed by atoms with Crippen molar-refractivity contribution in [3.8, 4) is 0 Å². The van der Waals surface area contributed by atoms with Crippen molar-refractivity contribution in [2.45, 2.75) is 37.8 Å². The van der Waals surface area contributed by atoms with E-state index in [4.69, 9.17) is 17.3 Å². The number of hydrogen-bond donors (Lipinski definition) is 2. The minimum absolute atomic E-state index is 0.287. The van der Waals surface area contributed by atoms with Crippen molar-refractivity contribution in [2.75, 3.05) is 5.32 Å². The average molecular weight is 225 g/mol. The molecule has 1 aromatic carbocycles. The molecule has 3 heteroatoms. The zero-order valence-electron chi connectivity index (χ0n) is 8.75. The highest BCUT2D eigenvalue weighted by Crippen LogP contribution is 2.21. The van der Waals surface area contributed by atoms with Crippen molar-refractivity contribution in [3.05, 3.63) is 29.3 Å². The third-order valence-corrected chi connectivity index (χ3v) is 3.27. The molecule has 1 aliphatic carbocycles. The van der Waals surface area contributed by atoms with E-state index in [-0.39, 0.29) is 6.04 Å². The van der Waals surface area contributed by atoms with E-state index in [1.165, 1.54) is 19.3 Å². The number of halogens is 1. The van der Waals surface area contributed by atoms with E-state index in [9.17, 15) is 0 Å². The molecule has 1 aliphatic rings. The molecule has 2 nitrogen and oxygen atoms in total. The first-order chi connectivity index (χ1) is 7.25. The minimum Gasteiger partial charge on any atom is -0.381 e. The Hall–Kier alpha value is -0.730. The Kier molecular flexibility index (Phi) is 3.49. The molecule has 1 fully saturated rings. The Morgan fingerprint density at radius 1 is 1.13 bits per heavy atom. The van der Waals surface area contributed by atoms with Gasteiger partial charge in [-0.15, -0.1) is 0 Å². The summed E-state index contributed by atoms with van der Waals surface area (Å²) in [6.45, 7) is 0. The number of hydrogen-bond acceptors (Lipinski definition) is 2. The van der Waals surface area contributed by atoms with Gasteiger partial charge in [-0.05, 0) is 37.1 Å². The number of nitrogens with one attached hydrogen (secondary N) is 1. The molecular formula is C12H17ClN2. The van der Waals surface area contributed by atoms with E-state index in [2.05, 4.69) is 5.32 Å². The second-order valence-electron chi connectivity index (χ2n) is 4.21. The molecule has 2 rings (SSSR count). The van der Waals surface area contributed by atoms with Gasteiger partial charge in [0, 0.05) is 22.8 Å². The van der Waals surface area contributed by atoms with Crippen LogP contribution in [0.4, 0.5) is 5.69 Å². The Morgan fingerprint density at radius 3 is 2.47 bits per heavy atom. The molecule has 0 bridgehead atoms. The fraction of sp³-hybridized carbons (Fsp3) is 0.500. The largest absolute Gasteiger partial charge is 0.381 e. The van der Waals surface area contributed by atoms with Gasteiger partial charge in [0.1, 0.15) is 0 Å². The van der Waals surface area contributed by atoms with Crippen LogP contribution in [-0.2, 0) is 0 Å². The topological polar surface area (TPSA) is 38.0 Å². The quantitative estimate of drug-likeness (QED) is 0.811. The van der Waals surface area contributed by atoms with Gasteiger partial charge in [0.2, 0.25) is 0 Å². The van der Waals surface area contributed by atoms with Crippen molar-refractivity contribution >= 4 is 17.3 Å². The summed E-state index contributed by atoms with van der Waals surface area (Å²) in [6.07, 6.45) is 4.84. The Balaban J connectivity index is 1.98. The molecule has 0 saturated heterocycles. The maximum absolute atomic E-state index is 6.07. The van der Waals surface area contributed by atoms with Crippen LogP contribution in [0.15, 0.2) is 24.3 Å². The van der Waals surface area contributed by atoms with Gasteiger partial charge in [0.25, 0.3) is 0 Å². The maximum Gasteiger partial charge on any atom is 0.0412 e. The van der Waals surface area contributed by atoms with Gasteiger partial charge in [-0.1, -0.05) is 24.4 Å². The molecule has 0 aliphatic heterocycles. The standard InChI is InChI=1S/C12H17ClN2/c13-9-5-7-10(8-6-9)15-12-4-2-1-3-11(12)14/h5-8,11-12,15H,1-4,14H2/t11-,12+/m0/s1. The molecule has 0 spiro atoms. The molecule has 0 amide bonds. The van der Waals surface area contributed by atoms with Crippen molar-refractivity contribution in [2.24, 2.45) is 5.73 Å². The van der Waals surface area contributed by atoms with Crippen molar-refractivity contribution in [1.29, 1.82) is 0 Å². The molecule has 0 aromatic heterocycles. The molecule has 0 radical (unpaired) electrons. The lowest BCUT2D eigenvalue weighted by atomic mass is 9.91. The van der Waals surface area contributed by atoms with Crippen LogP contribution < -0.4 is 11.1 Å². The van der Waals surface area contributed by atoms with Crippen LogP contribution in [0.2, 0.25) is 5.02 Å². The van der Waals surface area contributed by atoms with Crippen molar-refractivity contribution < 1.29 is 0 Å². The lowest BCUT2D eigenvalue weighted by Crippen LogP contribution is -2.42. The first-order valence-electron chi connectivity index (χ1n) is 5.53. The Labute approximate surface area is 95.8 Å². The highest BCUT2D eigenvalue weighted by atomic mass is 35.5. The third kappa shape index (κ3) is 2.86.